The van der Waals surface area contributed by atoms with Crippen molar-refractivity contribution in [3.63, 3.8) is 0 Å². The van der Waals surface area contributed by atoms with E-state index in [0.29, 0.717) is 23.0 Å². The Balaban J connectivity index is 1.63. The third-order valence-corrected chi connectivity index (χ3v) is 4.99. The SMILES string of the molecule is CCCc1noc(C(C)N2CCCN(C(=O)c3cccc(Cl)c3)CC2)n1. The van der Waals surface area contributed by atoms with Gasteiger partial charge in [0.1, 0.15) is 0 Å². The summed E-state index contributed by atoms with van der Waals surface area (Å²) in [6.45, 7) is 7.26. The fourth-order valence-corrected chi connectivity index (χ4v) is 3.44. The van der Waals surface area contributed by atoms with E-state index < -0.39 is 0 Å². The van der Waals surface area contributed by atoms with Crippen LogP contribution in [0, 0.1) is 0 Å². The van der Waals surface area contributed by atoms with Gasteiger partial charge >= 0.3 is 0 Å². The third kappa shape index (κ3) is 4.43. The van der Waals surface area contributed by atoms with E-state index in [0.717, 1.165) is 44.7 Å². The molecular formula is C19H25ClN4O2. The van der Waals surface area contributed by atoms with E-state index in [1.54, 1.807) is 12.1 Å². The minimum atomic E-state index is 0.0324. The molecule has 26 heavy (non-hydrogen) atoms. The lowest BCUT2D eigenvalue weighted by molar-refractivity contribution is 0.0757. The molecule has 7 heteroatoms. The molecule has 0 radical (unpaired) electrons. The van der Waals surface area contributed by atoms with Crippen LogP contribution in [0.5, 0.6) is 0 Å². The molecule has 0 saturated carbocycles. The summed E-state index contributed by atoms with van der Waals surface area (Å²) >= 11 is 6.01. The van der Waals surface area contributed by atoms with Crippen molar-refractivity contribution in [1.29, 1.82) is 0 Å². The molecule has 2 heterocycles. The van der Waals surface area contributed by atoms with E-state index in [4.69, 9.17) is 16.1 Å². The summed E-state index contributed by atoms with van der Waals surface area (Å²) in [4.78, 5) is 21.4. The molecule has 1 aromatic heterocycles. The van der Waals surface area contributed by atoms with Gasteiger partial charge in [-0.3, -0.25) is 9.69 Å². The number of carbonyl (C=O) groups excluding carboxylic acids is 1. The quantitative estimate of drug-likeness (QED) is 0.798. The van der Waals surface area contributed by atoms with Gasteiger partial charge in [-0.2, -0.15) is 4.98 Å². The standard InChI is InChI=1S/C19H25ClN4O2/c1-3-6-17-21-18(26-22-17)14(2)23-9-5-10-24(12-11-23)19(25)15-7-4-8-16(20)13-15/h4,7-8,13-14H,3,5-6,9-12H2,1-2H3. The van der Waals surface area contributed by atoms with Crippen molar-refractivity contribution in [2.24, 2.45) is 0 Å². The molecule has 1 fully saturated rings. The summed E-state index contributed by atoms with van der Waals surface area (Å²) in [5.41, 5.74) is 0.639. The molecule has 1 aromatic carbocycles. The Hall–Kier alpha value is -1.92. The lowest BCUT2D eigenvalue weighted by Gasteiger charge is -2.25. The van der Waals surface area contributed by atoms with E-state index >= 15 is 0 Å². The van der Waals surface area contributed by atoms with Gasteiger partial charge in [-0.1, -0.05) is 29.7 Å². The highest BCUT2D eigenvalue weighted by atomic mass is 35.5. The monoisotopic (exact) mass is 376 g/mol. The first-order chi connectivity index (χ1) is 12.6. The Bertz CT molecular complexity index is 749. The second-order valence-corrected chi connectivity index (χ2v) is 7.10. The number of benzene rings is 1. The lowest BCUT2D eigenvalue weighted by atomic mass is 10.2. The molecule has 1 unspecified atom stereocenters. The van der Waals surface area contributed by atoms with Crippen LogP contribution in [0.3, 0.4) is 0 Å². The van der Waals surface area contributed by atoms with Crippen LogP contribution in [0.1, 0.15) is 54.8 Å². The summed E-state index contributed by atoms with van der Waals surface area (Å²) in [6.07, 6.45) is 2.74. The zero-order chi connectivity index (χ0) is 18.5. The normalized spacial score (nSPS) is 17.1. The van der Waals surface area contributed by atoms with Gasteiger partial charge in [-0.05, 0) is 38.0 Å². The molecule has 1 saturated heterocycles. The van der Waals surface area contributed by atoms with Gasteiger partial charge in [0.2, 0.25) is 5.89 Å². The van der Waals surface area contributed by atoms with E-state index in [2.05, 4.69) is 28.9 Å². The zero-order valence-corrected chi connectivity index (χ0v) is 16.1. The summed E-state index contributed by atoms with van der Waals surface area (Å²) in [5, 5.41) is 4.63. The molecule has 6 nitrogen and oxygen atoms in total. The van der Waals surface area contributed by atoms with E-state index in [9.17, 15) is 4.79 Å². The smallest absolute Gasteiger partial charge is 0.253 e. The van der Waals surface area contributed by atoms with Gasteiger partial charge in [0.25, 0.3) is 5.91 Å². The first-order valence-corrected chi connectivity index (χ1v) is 9.57. The second kappa shape index (κ2) is 8.64. The highest BCUT2D eigenvalue weighted by Gasteiger charge is 2.26. The lowest BCUT2D eigenvalue weighted by Crippen LogP contribution is -2.36. The molecular weight excluding hydrogens is 352 g/mol. The number of aromatic nitrogens is 2. The molecule has 0 spiro atoms. The molecule has 2 aromatic rings. The molecule has 1 aliphatic rings. The van der Waals surface area contributed by atoms with Crippen LogP contribution < -0.4 is 0 Å². The van der Waals surface area contributed by atoms with E-state index in [1.165, 1.54) is 0 Å². The number of hydrogen-bond donors (Lipinski definition) is 0. The van der Waals surface area contributed by atoms with Crippen molar-refractivity contribution in [3.05, 3.63) is 46.6 Å². The van der Waals surface area contributed by atoms with Crippen molar-refractivity contribution in [1.82, 2.24) is 19.9 Å². The fraction of sp³-hybridized carbons (Fsp3) is 0.526. The van der Waals surface area contributed by atoms with Crippen molar-refractivity contribution in [2.45, 2.75) is 39.2 Å². The van der Waals surface area contributed by atoms with Gasteiger partial charge < -0.3 is 9.42 Å². The van der Waals surface area contributed by atoms with Crippen molar-refractivity contribution >= 4 is 17.5 Å². The molecule has 1 atom stereocenters. The number of carbonyl (C=O) groups is 1. The average Bonchev–Trinajstić information content (AvgIpc) is 2.96. The maximum Gasteiger partial charge on any atom is 0.253 e. The topological polar surface area (TPSA) is 62.5 Å². The molecule has 3 rings (SSSR count). The van der Waals surface area contributed by atoms with Crippen LogP contribution >= 0.6 is 11.6 Å². The summed E-state index contributed by atoms with van der Waals surface area (Å²) in [7, 11) is 0. The van der Waals surface area contributed by atoms with Crippen LogP contribution in [-0.2, 0) is 6.42 Å². The molecule has 0 aliphatic carbocycles. The van der Waals surface area contributed by atoms with Crippen LogP contribution in [-0.4, -0.2) is 52.0 Å². The van der Waals surface area contributed by atoms with Gasteiger partial charge in [0.05, 0.1) is 6.04 Å². The van der Waals surface area contributed by atoms with Crippen molar-refractivity contribution < 1.29 is 9.32 Å². The number of aryl methyl sites for hydroxylation is 1. The van der Waals surface area contributed by atoms with Crippen LogP contribution in [0.4, 0.5) is 0 Å². The maximum absolute atomic E-state index is 12.7. The predicted octanol–water partition coefficient (Wildman–Crippen LogP) is 3.58. The average molecular weight is 377 g/mol. The number of halogens is 1. The Labute approximate surface area is 159 Å². The van der Waals surface area contributed by atoms with Crippen molar-refractivity contribution in [2.75, 3.05) is 26.2 Å². The summed E-state index contributed by atoms with van der Waals surface area (Å²) < 4.78 is 5.43. The van der Waals surface area contributed by atoms with Gasteiger partial charge in [-0.15, -0.1) is 0 Å². The number of nitrogens with zero attached hydrogens (tertiary/aromatic N) is 4. The molecule has 0 bridgehead atoms. The molecule has 1 aliphatic heterocycles. The Morgan fingerprint density at radius 1 is 1.31 bits per heavy atom. The fourth-order valence-electron chi connectivity index (χ4n) is 3.25. The van der Waals surface area contributed by atoms with E-state index in [-0.39, 0.29) is 11.9 Å². The number of hydrogen-bond acceptors (Lipinski definition) is 5. The molecule has 140 valence electrons. The Morgan fingerprint density at radius 3 is 2.92 bits per heavy atom. The van der Waals surface area contributed by atoms with Crippen LogP contribution in [0.25, 0.3) is 0 Å². The number of amides is 1. The minimum Gasteiger partial charge on any atom is -0.338 e. The first-order valence-electron chi connectivity index (χ1n) is 9.20. The van der Waals surface area contributed by atoms with Gasteiger partial charge in [0, 0.05) is 43.2 Å². The first kappa shape index (κ1) is 18.9. The van der Waals surface area contributed by atoms with Crippen LogP contribution in [0.15, 0.2) is 28.8 Å². The minimum absolute atomic E-state index is 0.0324. The van der Waals surface area contributed by atoms with Gasteiger partial charge in [-0.25, -0.2) is 0 Å². The Kier molecular flexibility index (Phi) is 6.27. The van der Waals surface area contributed by atoms with Gasteiger partial charge in [0.15, 0.2) is 5.82 Å². The maximum atomic E-state index is 12.7. The summed E-state index contributed by atoms with van der Waals surface area (Å²) in [5.74, 6) is 1.45. The largest absolute Gasteiger partial charge is 0.338 e. The Morgan fingerprint density at radius 2 is 2.15 bits per heavy atom. The predicted molar refractivity (Wildman–Crippen MR) is 100 cm³/mol. The molecule has 1 amide bonds. The zero-order valence-electron chi connectivity index (χ0n) is 15.3. The third-order valence-electron chi connectivity index (χ3n) is 4.75. The number of rotatable bonds is 5. The van der Waals surface area contributed by atoms with Crippen LogP contribution in [0.2, 0.25) is 5.02 Å². The van der Waals surface area contributed by atoms with E-state index in [1.807, 2.05) is 17.0 Å². The second-order valence-electron chi connectivity index (χ2n) is 6.67. The summed E-state index contributed by atoms with van der Waals surface area (Å²) in [6, 6.07) is 7.18. The highest BCUT2D eigenvalue weighted by Crippen LogP contribution is 2.21. The highest BCUT2D eigenvalue weighted by molar-refractivity contribution is 6.30. The molecule has 0 N–H and O–H groups in total. The van der Waals surface area contributed by atoms with Crippen molar-refractivity contribution in [3.8, 4) is 0 Å².